The maximum absolute atomic E-state index is 13.0. The average molecular weight is 526 g/mol. The van der Waals surface area contributed by atoms with E-state index in [1.165, 1.54) is 19.3 Å². The summed E-state index contributed by atoms with van der Waals surface area (Å²) in [5.74, 6) is 0.445. The number of aliphatic hydroxyl groups is 1. The number of amides is 1. The number of hydrogen-bond acceptors (Lipinski definition) is 7. The zero-order chi connectivity index (χ0) is 26.0. The first-order valence-electron chi connectivity index (χ1n) is 13.3. The second kappa shape index (κ2) is 8.66. The van der Waals surface area contributed by atoms with Gasteiger partial charge in [-0.25, -0.2) is 18.4 Å². The van der Waals surface area contributed by atoms with Crippen molar-refractivity contribution in [2.24, 2.45) is 28.9 Å². The van der Waals surface area contributed by atoms with E-state index >= 15 is 0 Å². The molecule has 4 aliphatic carbocycles. The third kappa shape index (κ3) is 4.48. The summed E-state index contributed by atoms with van der Waals surface area (Å²) >= 11 is 0. The lowest BCUT2D eigenvalue weighted by molar-refractivity contribution is -0.121. The van der Waals surface area contributed by atoms with Gasteiger partial charge in [0.1, 0.15) is 0 Å². The highest BCUT2D eigenvalue weighted by atomic mass is 32.2. The maximum Gasteiger partial charge on any atom is 0.234 e. The number of aliphatic hydroxyl groups excluding tert-OH is 1. The molecule has 0 bridgehead atoms. The first-order valence-corrected chi connectivity index (χ1v) is 14.9. The molecule has 6 rings (SSSR count). The fourth-order valence-electron chi connectivity index (χ4n) is 6.58. The van der Waals surface area contributed by atoms with Gasteiger partial charge in [0.25, 0.3) is 0 Å². The monoisotopic (exact) mass is 525 g/mol. The number of nitrogens with one attached hydrogen (secondary N) is 1. The molecule has 1 amide bonds. The normalized spacial score (nSPS) is 31.5. The minimum atomic E-state index is -3.77. The Hall–Kier alpha value is -2.72. The van der Waals surface area contributed by atoms with E-state index in [-0.39, 0.29) is 0 Å². The van der Waals surface area contributed by atoms with Gasteiger partial charge in [-0.1, -0.05) is 17.7 Å². The van der Waals surface area contributed by atoms with Gasteiger partial charge in [-0.3, -0.25) is 9.52 Å². The van der Waals surface area contributed by atoms with E-state index in [1.54, 1.807) is 12.2 Å². The number of nitrogens with two attached hydrogens (primary N) is 1. The Kier molecular flexibility index (Phi) is 5.76. The Balaban J connectivity index is 1.50. The second-order valence-corrected chi connectivity index (χ2v) is 13.5. The van der Waals surface area contributed by atoms with Crippen molar-refractivity contribution in [3.05, 3.63) is 53.0 Å². The van der Waals surface area contributed by atoms with Crippen LogP contribution in [0, 0.1) is 30.1 Å². The van der Waals surface area contributed by atoms with Crippen LogP contribution in [-0.4, -0.2) is 54.8 Å². The lowest BCUT2D eigenvalue weighted by Gasteiger charge is -2.42. The molecule has 4 unspecified atom stereocenters. The predicted octanol–water partition coefficient (Wildman–Crippen LogP) is 1.84. The molecule has 0 radical (unpaired) electrons. The van der Waals surface area contributed by atoms with Crippen LogP contribution in [0.15, 0.2) is 41.6 Å². The molecule has 0 aromatic carbocycles. The van der Waals surface area contributed by atoms with Crippen molar-refractivity contribution in [1.82, 2.24) is 14.7 Å². The molecule has 1 aromatic heterocycles. The highest BCUT2D eigenvalue weighted by Crippen LogP contribution is 2.58. The van der Waals surface area contributed by atoms with Crippen LogP contribution in [0.1, 0.15) is 49.9 Å². The highest BCUT2D eigenvalue weighted by molar-refractivity contribution is 7.89. The molecule has 9 nitrogen and oxygen atoms in total. The lowest BCUT2D eigenvalue weighted by Crippen LogP contribution is -2.46. The Morgan fingerprint density at radius 1 is 1.24 bits per heavy atom. The van der Waals surface area contributed by atoms with Crippen molar-refractivity contribution in [3.8, 4) is 0 Å². The quantitative estimate of drug-likeness (QED) is 0.440. The molecule has 1 aliphatic heterocycles. The van der Waals surface area contributed by atoms with Crippen LogP contribution in [0.5, 0.6) is 0 Å². The number of hydrogen-bond donors (Lipinski definition) is 3. The van der Waals surface area contributed by atoms with E-state index < -0.39 is 39.6 Å². The van der Waals surface area contributed by atoms with Crippen LogP contribution in [0.4, 0.5) is 5.95 Å². The summed E-state index contributed by atoms with van der Waals surface area (Å²) in [7, 11) is -3.77. The lowest BCUT2D eigenvalue weighted by atomic mass is 9.61. The van der Waals surface area contributed by atoms with Crippen molar-refractivity contribution in [2.75, 3.05) is 30.3 Å². The molecule has 1 aromatic rings. The number of aryl methyl sites for hydroxylation is 1. The van der Waals surface area contributed by atoms with Crippen LogP contribution < -0.4 is 15.4 Å². The van der Waals surface area contributed by atoms with E-state index in [0.29, 0.717) is 34.6 Å². The smallest absolute Gasteiger partial charge is 0.234 e. The van der Waals surface area contributed by atoms with E-state index in [2.05, 4.69) is 15.7 Å². The van der Waals surface area contributed by atoms with E-state index in [0.717, 1.165) is 43.6 Å². The minimum Gasteiger partial charge on any atom is -0.395 e. The summed E-state index contributed by atoms with van der Waals surface area (Å²) in [6.07, 6.45) is 13.8. The summed E-state index contributed by atoms with van der Waals surface area (Å²) in [5, 5.41) is 9.22. The van der Waals surface area contributed by atoms with Gasteiger partial charge in [0.15, 0.2) is 0 Å². The number of carbonyl (C=O) groups is 1. The number of rotatable bonds is 8. The van der Waals surface area contributed by atoms with Crippen LogP contribution in [-0.2, 0) is 20.2 Å². The third-order valence-electron chi connectivity index (χ3n) is 9.00. The Labute approximate surface area is 218 Å². The van der Waals surface area contributed by atoms with Gasteiger partial charge in [0.2, 0.25) is 21.9 Å². The Morgan fingerprint density at radius 3 is 2.62 bits per heavy atom. The number of nitrogens with zero attached hydrogens (tertiary/aromatic N) is 3. The Morgan fingerprint density at radius 2 is 2.00 bits per heavy atom. The number of carbonyl (C=O) groups excluding carboxylic acids is 1. The molecular weight excluding hydrogens is 490 g/mol. The Bertz CT molecular complexity index is 1320. The molecule has 10 heteroatoms. The van der Waals surface area contributed by atoms with Gasteiger partial charge < -0.3 is 15.7 Å². The number of primary amides is 1. The average Bonchev–Trinajstić information content (AvgIpc) is 3.75. The molecule has 1 saturated heterocycles. The summed E-state index contributed by atoms with van der Waals surface area (Å²) in [6.45, 7) is 3.32. The SMILES string of the molecule is Cc1cc(C2(C3=CCC4(CC3)CC4)C=C(NS(=O)(=O)CCO)C=CC2C(N)=O)nc(N2CC3CC3C2)n1. The third-order valence-corrected chi connectivity index (χ3v) is 10.3. The molecule has 5 aliphatic rings. The molecule has 1 spiro atoms. The predicted molar refractivity (Wildman–Crippen MR) is 140 cm³/mol. The van der Waals surface area contributed by atoms with Crippen LogP contribution in [0.25, 0.3) is 0 Å². The van der Waals surface area contributed by atoms with Gasteiger partial charge in [0.05, 0.1) is 29.4 Å². The van der Waals surface area contributed by atoms with Crippen molar-refractivity contribution >= 4 is 21.9 Å². The number of piperidine rings is 1. The fourth-order valence-corrected chi connectivity index (χ4v) is 7.41. The zero-order valence-corrected chi connectivity index (χ0v) is 22.0. The van der Waals surface area contributed by atoms with Crippen molar-refractivity contribution in [1.29, 1.82) is 0 Å². The van der Waals surface area contributed by atoms with Gasteiger partial charge in [-0.15, -0.1) is 0 Å². The molecule has 198 valence electrons. The largest absolute Gasteiger partial charge is 0.395 e. The summed E-state index contributed by atoms with van der Waals surface area (Å²) < 4.78 is 27.7. The topological polar surface area (TPSA) is 139 Å². The van der Waals surface area contributed by atoms with Crippen molar-refractivity contribution < 1.29 is 18.3 Å². The first-order chi connectivity index (χ1) is 17.6. The van der Waals surface area contributed by atoms with Crippen LogP contribution in [0.2, 0.25) is 0 Å². The van der Waals surface area contributed by atoms with Crippen LogP contribution >= 0.6 is 0 Å². The minimum absolute atomic E-state index is 0.346. The van der Waals surface area contributed by atoms with Gasteiger partial charge in [-0.2, -0.15) is 0 Å². The highest BCUT2D eigenvalue weighted by Gasteiger charge is 2.52. The molecule has 2 heterocycles. The molecule has 37 heavy (non-hydrogen) atoms. The zero-order valence-electron chi connectivity index (χ0n) is 21.2. The number of sulfonamides is 1. The molecule has 3 fully saturated rings. The van der Waals surface area contributed by atoms with E-state index in [1.807, 2.05) is 19.1 Å². The van der Waals surface area contributed by atoms with Gasteiger partial charge in [-0.05, 0) is 80.9 Å². The molecule has 2 saturated carbocycles. The van der Waals surface area contributed by atoms with E-state index in [4.69, 9.17) is 15.7 Å². The molecule has 4 N–H and O–H groups in total. The standard InChI is InChI=1S/C27H35N5O4S/c1-17-12-23(30-25(29-17)32-15-18-13-19(18)16-32)27(20-4-6-26(7-5-20)8-9-26)14-21(2-3-22(27)24(28)34)31-37(35,36)11-10-33/h2-4,12,14,18-19,22,31,33H,5-11,13,15-16H2,1H3,(H2,28,34). The maximum atomic E-state index is 13.0. The van der Waals surface area contributed by atoms with E-state index in [9.17, 15) is 18.3 Å². The number of allylic oxidation sites excluding steroid dienone is 4. The van der Waals surface area contributed by atoms with Crippen molar-refractivity contribution in [3.63, 3.8) is 0 Å². The van der Waals surface area contributed by atoms with Gasteiger partial charge in [0, 0.05) is 24.5 Å². The first kappa shape index (κ1) is 24.6. The second-order valence-electron chi connectivity index (χ2n) is 11.6. The number of fused-ring (bicyclic) bond motifs is 1. The summed E-state index contributed by atoms with van der Waals surface area (Å²) in [6, 6.07) is 1.91. The van der Waals surface area contributed by atoms with Gasteiger partial charge >= 0.3 is 0 Å². The number of anilines is 1. The number of aromatic nitrogens is 2. The van der Waals surface area contributed by atoms with Crippen molar-refractivity contribution in [2.45, 2.75) is 50.9 Å². The fraction of sp³-hybridized carbons (Fsp3) is 0.593. The molecular formula is C27H35N5O4S. The summed E-state index contributed by atoms with van der Waals surface area (Å²) in [4.78, 5) is 25.0. The molecule has 4 atom stereocenters. The summed E-state index contributed by atoms with van der Waals surface area (Å²) in [5.41, 5.74) is 8.22. The van der Waals surface area contributed by atoms with Crippen LogP contribution in [0.3, 0.4) is 0 Å².